The highest BCUT2D eigenvalue weighted by Gasteiger charge is 2.14. The molecule has 0 bridgehead atoms. The van der Waals surface area contributed by atoms with E-state index in [4.69, 9.17) is 5.73 Å². The van der Waals surface area contributed by atoms with Crippen LogP contribution in [0.5, 0.6) is 0 Å². The number of nitrogens with zero attached hydrogens (tertiary/aromatic N) is 2. The van der Waals surface area contributed by atoms with Crippen molar-refractivity contribution in [3.8, 4) is 11.4 Å². The van der Waals surface area contributed by atoms with Crippen molar-refractivity contribution in [3.05, 3.63) is 30.1 Å². The number of nitrogens with two attached hydrogens (primary N) is 1. The zero-order chi connectivity index (χ0) is 13.5. The second kappa shape index (κ2) is 4.13. The highest BCUT2D eigenvalue weighted by atomic mass is 32.2. The summed E-state index contributed by atoms with van der Waals surface area (Å²) in [5, 5.41) is 0. The van der Waals surface area contributed by atoms with Crippen molar-refractivity contribution in [2.75, 3.05) is 12.0 Å². The van der Waals surface area contributed by atoms with Crippen molar-refractivity contribution in [1.29, 1.82) is 0 Å². The number of aromatic nitrogens is 2. The molecule has 0 amide bonds. The fourth-order valence-corrected chi connectivity index (χ4v) is 2.59. The molecule has 1 aromatic carbocycles. The number of hydrogen-bond acceptors (Lipinski definition) is 4. The SMILES string of the molecule is Cc1cnc(-c2ccc(N)c(S(C)(=O)=O)c2)n1C. The normalized spacial score (nSPS) is 11.7. The number of aryl methyl sites for hydroxylation is 1. The first-order valence-electron chi connectivity index (χ1n) is 5.39. The first-order chi connectivity index (χ1) is 8.30. The van der Waals surface area contributed by atoms with E-state index in [2.05, 4.69) is 4.98 Å². The lowest BCUT2D eigenvalue weighted by Gasteiger charge is -2.08. The summed E-state index contributed by atoms with van der Waals surface area (Å²) < 4.78 is 25.1. The predicted molar refractivity (Wildman–Crippen MR) is 70.9 cm³/mol. The van der Waals surface area contributed by atoms with Gasteiger partial charge in [-0.3, -0.25) is 0 Å². The molecule has 96 valence electrons. The lowest BCUT2D eigenvalue weighted by molar-refractivity contribution is 0.602. The van der Waals surface area contributed by atoms with E-state index in [1.807, 2.05) is 18.5 Å². The largest absolute Gasteiger partial charge is 0.398 e. The van der Waals surface area contributed by atoms with E-state index in [-0.39, 0.29) is 10.6 Å². The smallest absolute Gasteiger partial charge is 0.177 e. The summed E-state index contributed by atoms with van der Waals surface area (Å²) in [6.07, 6.45) is 2.89. The van der Waals surface area contributed by atoms with E-state index < -0.39 is 9.84 Å². The fourth-order valence-electron chi connectivity index (χ4n) is 1.76. The Hall–Kier alpha value is -1.82. The van der Waals surface area contributed by atoms with Gasteiger partial charge < -0.3 is 10.3 Å². The van der Waals surface area contributed by atoms with Gasteiger partial charge in [0.2, 0.25) is 0 Å². The zero-order valence-corrected chi connectivity index (χ0v) is 11.3. The van der Waals surface area contributed by atoms with Crippen LogP contribution in [0.25, 0.3) is 11.4 Å². The Balaban J connectivity index is 2.65. The van der Waals surface area contributed by atoms with Gasteiger partial charge in [-0.2, -0.15) is 0 Å². The molecular weight excluding hydrogens is 250 g/mol. The van der Waals surface area contributed by atoms with Crippen LogP contribution in [0, 0.1) is 6.92 Å². The van der Waals surface area contributed by atoms with Crippen LogP contribution in [-0.2, 0) is 16.9 Å². The molecule has 0 saturated heterocycles. The third-order valence-corrected chi connectivity index (χ3v) is 4.04. The summed E-state index contributed by atoms with van der Waals surface area (Å²) in [4.78, 5) is 4.41. The molecule has 0 atom stereocenters. The van der Waals surface area contributed by atoms with Crippen molar-refractivity contribution in [3.63, 3.8) is 0 Å². The Bertz CT molecular complexity index is 702. The van der Waals surface area contributed by atoms with Gasteiger partial charge >= 0.3 is 0 Å². The van der Waals surface area contributed by atoms with Crippen molar-refractivity contribution < 1.29 is 8.42 Å². The second-order valence-corrected chi connectivity index (χ2v) is 6.29. The molecule has 5 nitrogen and oxygen atoms in total. The van der Waals surface area contributed by atoms with Crippen LogP contribution in [0.1, 0.15) is 5.69 Å². The maximum atomic E-state index is 11.6. The number of benzene rings is 1. The molecule has 2 aromatic rings. The molecule has 0 spiro atoms. The van der Waals surface area contributed by atoms with E-state index in [0.717, 1.165) is 23.3 Å². The van der Waals surface area contributed by atoms with Gasteiger partial charge in [0.15, 0.2) is 9.84 Å². The number of anilines is 1. The van der Waals surface area contributed by atoms with Gasteiger partial charge in [-0.25, -0.2) is 13.4 Å². The highest BCUT2D eigenvalue weighted by Crippen LogP contribution is 2.26. The molecule has 1 aromatic heterocycles. The lowest BCUT2D eigenvalue weighted by atomic mass is 10.2. The molecule has 1 heterocycles. The molecule has 18 heavy (non-hydrogen) atoms. The average Bonchev–Trinajstić information content (AvgIpc) is 2.59. The summed E-state index contributed by atoms with van der Waals surface area (Å²) >= 11 is 0. The van der Waals surface area contributed by atoms with Gasteiger partial charge in [0.1, 0.15) is 5.82 Å². The first-order valence-corrected chi connectivity index (χ1v) is 7.28. The van der Waals surface area contributed by atoms with Gasteiger partial charge in [0.25, 0.3) is 0 Å². The maximum absolute atomic E-state index is 11.6. The van der Waals surface area contributed by atoms with Crippen LogP contribution < -0.4 is 5.73 Å². The molecule has 2 N–H and O–H groups in total. The molecule has 0 unspecified atom stereocenters. The zero-order valence-electron chi connectivity index (χ0n) is 10.5. The first kappa shape index (κ1) is 12.6. The van der Waals surface area contributed by atoms with Crippen LogP contribution in [-0.4, -0.2) is 24.2 Å². The molecule has 0 saturated carbocycles. The molecule has 0 aliphatic rings. The van der Waals surface area contributed by atoms with Gasteiger partial charge in [-0.15, -0.1) is 0 Å². The summed E-state index contributed by atoms with van der Waals surface area (Å²) in [7, 11) is -1.45. The third kappa shape index (κ3) is 2.11. The molecule has 0 aliphatic carbocycles. The van der Waals surface area contributed by atoms with E-state index >= 15 is 0 Å². The predicted octanol–water partition coefficient (Wildman–Crippen LogP) is 1.38. The Morgan fingerprint density at radius 3 is 2.50 bits per heavy atom. The number of imidazole rings is 1. The lowest BCUT2D eigenvalue weighted by Crippen LogP contribution is -2.03. The molecule has 0 aliphatic heterocycles. The monoisotopic (exact) mass is 265 g/mol. The second-order valence-electron chi connectivity index (χ2n) is 4.31. The summed E-state index contributed by atoms with van der Waals surface area (Å²) in [5.41, 5.74) is 7.69. The van der Waals surface area contributed by atoms with Crippen LogP contribution in [0.4, 0.5) is 5.69 Å². The average molecular weight is 265 g/mol. The quantitative estimate of drug-likeness (QED) is 0.832. The third-order valence-electron chi connectivity index (χ3n) is 2.89. The number of sulfone groups is 1. The molecule has 0 fully saturated rings. The van der Waals surface area contributed by atoms with E-state index in [1.165, 1.54) is 0 Å². The highest BCUT2D eigenvalue weighted by molar-refractivity contribution is 7.90. The Labute approximate surface area is 106 Å². The van der Waals surface area contributed by atoms with Gasteiger partial charge in [-0.1, -0.05) is 0 Å². The van der Waals surface area contributed by atoms with Gasteiger partial charge in [0, 0.05) is 30.8 Å². The van der Waals surface area contributed by atoms with E-state index in [9.17, 15) is 8.42 Å². The fraction of sp³-hybridized carbons (Fsp3) is 0.250. The summed E-state index contributed by atoms with van der Waals surface area (Å²) in [5.74, 6) is 0.720. The van der Waals surface area contributed by atoms with Crippen LogP contribution in [0.2, 0.25) is 0 Å². The van der Waals surface area contributed by atoms with Crippen LogP contribution in [0.15, 0.2) is 29.3 Å². The maximum Gasteiger partial charge on any atom is 0.177 e. The summed E-state index contributed by atoms with van der Waals surface area (Å²) in [6, 6.07) is 4.92. The molecule has 2 rings (SSSR count). The van der Waals surface area contributed by atoms with Crippen molar-refractivity contribution in [2.45, 2.75) is 11.8 Å². The topological polar surface area (TPSA) is 78.0 Å². The Morgan fingerprint density at radius 2 is 2.00 bits per heavy atom. The Kier molecular flexibility index (Phi) is 2.90. The van der Waals surface area contributed by atoms with Gasteiger partial charge in [-0.05, 0) is 25.1 Å². The molecule has 6 heteroatoms. The minimum atomic E-state index is -3.33. The minimum Gasteiger partial charge on any atom is -0.398 e. The number of hydrogen-bond donors (Lipinski definition) is 1. The van der Waals surface area contributed by atoms with Crippen molar-refractivity contribution >= 4 is 15.5 Å². The Morgan fingerprint density at radius 1 is 1.33 bits per heavy atom. The van der Waals surface area contributed by atoms with Crippen LogP contribution in [0.3, 0.4) is 0 Å². The van der Waals surface area contributed by atoms with E-state index in [1.54, 1.807) is 24.4 Å². The molecule has 0 radical (unpaired) electrons. The van der Waals surface area contributed by atoms with Crippen molar-refractivity contribution in [2.24, 2.45) is 7.05 Å². The van der Waals surface area contributed by atoms with Crippen LogP contribution >= 0.6 is 0 Å². The minimum absolute atomic E-state index is 0.139. The summed E-state index contributed by atoms with van der Waals surface area (Å²) in [6.45, 7) is 1.94. The van der Waals surface area contributed by atoms with E-state index in [0.29, 0.717) is 0 Å². The molecular formula is C12H15N3O2S. The number of nitrogen functional groups attached to an aromatic ring is 1. The standard InChI is InChI=1S/C12H15N3O2S/c1-8-7-14-12(15(8)2)9-4-5-10(13)11(6-9)18(3,16)17/h4-7H,13H2,1-3H3. The number of rotatable bonds is 2. The van der Waals surface area contributed by atoms with Crippen molar-refractivity contribution in [1.82, 2.24) is 9.55 Å². The van der Waals surface area contributed by atoms with Gasteiger partial charge in [0.05, 0.1) is 10.6 Å².